The minimum atomic E-state index is -0.953. The first-order valence-corrected chi connectivity index (χ1v) is 8.90. The molecular formula is C23H21NO5. The third-order valence-electron chi connectivity index (χ3n) is 4.22. The first kappa shape index (κ1) is 19.9. The minimum absolute atomic E-state index is 0.242. The number of hydrogen-bond donors (Lipinski definition) is 1. The molecule has 0 aliphatic carbocycles. The molecule has 0 saturated heterocycles. The van der Waals surface area contributed by atoms with Crippen molar-refractivity contribution in [1.82, 2.24) is 0 Å². The summed E-state index contributed by atoms with van der Waals surface area (Å²) in [6.07, 6.45) is 1.75. The molecule has 1 N–H and O–H groups in total. The lowest BCUT2D eigenvalue weighted by Crippen LogP contribution is -2.00. The molecule has 0 bridgehead atoms. The Labute approximate surface area is 169 Å². The number of rotatable bonds is 8. The van der Waals surface area contributed by atoms with Gasteiger partial charge in [-0.1, -0.05) is 12.1 Å². The lowest BCUT2D eigenvalue weighted by Gasteiger charge is -2.11. The maximum atomic E-state index is 10.9. The second-order valence-electron chi connectivity index (χ2n) is 6.16. The largest absolute Gasteiger partial charge is 0.497 e. The Hall–Kier alpha value is -3.80. The number of methoxy groups -OCH3 is 2. The van der Waals surface area contributed by atoms with Crippen molar-refractivity contribution in [3.05, 3.63) is 83.4 Å². The van der Waals surface area contributed by atoms with Crippen LogP contribution in [0.5, 0.6) is 17.2 Å². The second-order valence-corrected chi connectivity index (χ2v) is 6.16. The predicted octanol–water partition coefficient (Wildman–Crippen LogP) is 4.73. The maximum absolute atomic E-state index is 10.9. The van der Waals surface area contributed by atoms with E-state index in [1.807, 2.05) is 42.5 Å². The molecule has 0 atom stereocenters. The van der Waals surface area contributed by atoms with E-state index in [1.54, 1.807) is 44.7 Å². The van der Waals surface area contributed by atoms with Crippen LogP contribution in [0, 0.1) is 0 Å². The standard InChI is InChI=1S/C23H21NO5/c1-27-20-10-8-19(9-11-20)24-14-17-5-12-21(22(13-17)28-2)29-15-16-3-6-18(7-4-16)23(25)26/h3-14H,15H2,1-2H3,(H,25,26). The molecule has 0 aliphatic heterocycles. The first-order chi connectivity index (χ1) is 14.1. The highest BCUT2D eigenvalue weighted by molar-refractivity contribution is 5.87. The van der Waals surface area contributed by atoms with Gasteiger partial charge in [-0.15, -0.1) is 0 Å². The third-order valence-corrected chi connectivity index (χ3v) is 4.22. The van der Waals surface area contributed by atoms with Gasteiger partial charge in [0, 0.05) is 6.21 Å². The molecule has 0 aromatic heterocycles. The van der Waals surface area contributed by atoms with Gasteiger partial charge in [0.25, 0.3) is 0 Å². The monoisotopic (exact) mass is 391 g/mol. The van der Waals surface area contributed by atoms with E-state index in [9.17, 15) is 4.79 Å². The van der Waals surface area contributed by atoms with Crippen LogP contribution in [0.3, 0.4) is 0 Å². The summed E-state index contributed by atoms with van der Waals surface area (Å²) in [5.74, 6) is 1.01. The molecule has 0 aliphatic rings. The van der Waals surface area contributed by atoms with E-state index in [-0.39, 0.29) is 5.56 Å². The molecule has 3 rings (SSSR count). The van der Waals surface area contributed by atoms with Crippen LogP contribution < -0.4 is 14.2 Å². The molecule has 0 unspecified atom stereocenters. The number of ether oxygens (including phenoxy) is 3. The van der Waals surface area contributed by atoms with E-state index in [0.29, 0.717) is 18.1 Å². The quantitative estimate of drug-likeness (QED) is 0.562. The SMILES string of the molecule is COc1ccc(N=Cc2ccc(OCc3ccc(C(=O)O)cc3)c(OC)c2)cc1. The molecule has 0 amide bonds. The smallest absolute Gasteiger partial charge is 0.335 e. The molecule has 3 aromatic carbocycles. The number of benzene rings is 3. The van der Waals surface area contributed by atoms with Crippen LogP contribution in [0.4, 0.5) is 5.69 Å². The predicted molar refractivity (Wildman–Crippen MR) is 111 cm³/mol. The molecule has 0 fully saturated rings. The molecule has 29 heavy (non-hydrogen) atoms. The van der Waals surface area contributed by atoms with Gasteiger partial charge in [0.05, 0.1) is 25.5 Å². The molecule has 0 heterocycles. The Morgan fingerprint density at radius 2 is 1.66 bits per heavy atom. The Morgan fingerprint density at radius 3 is 2.28 bits per heavy atom. The van der Waals surface area contributed by atoms with Crippen molar-refractivity contribution in [3.8, 4) is 17.2 Å². The summed E-state index contributed by atoms with van der Waals surface area (Å²) in [6, 6.07) is 19.6. The summed E-state index contributed by atoms with van der Waals surface area (Å²) in [4.78, 5) is 15.4. The molecule has 3 aromatic rings. The third kappa shape index (κ3) is 5.35. The molecular weight excluding hydrogens is 370 g/mol. The van der Waals surface area contributed by atoms with E-state index in [4.69, 9.17) is 19.3 Å². The van der Waals surface area contributed by atoms with Crippen molar-refractivity contribution in [3.63, 3.8) is 0 Å². The normalized spacial score (nSPS) is 10.7. The van der Waals surface area contributed by atoms with E-state index >= 15 is 0 Å². The minimum Gasteiger partial charge on any atom is -0.497 e. The lowest BCUT2D eigenvalue weighted by molar-refractivity contribution is 0.0697. The maximum Gasteiger partial charge on any atom is 0.335 e. The van der Waals surface area contributed by atoms with Crippen LogP contribution in [0.1, 0.15) is 21.5 Å². The number of hydrogen-bond acceptors (Lipinski definition) is 5. The number of aromatic carboxylic acids is 1. The van der Waals surface area contributed by atoms with Gasteiger partial charge in [-0.05, 0) is 65.7 Å². The summed E-state index contributed by atoms with van der Waals surface area (Å²) in [6.45, 7) is 0.301. The number of aliphatic imine (C=N–C) groups is 1. The Balaban J connectivity index is 1.67. The van der Waals surface area contributed by atoms with Crippen molar-refractivity contribution in [2.75, 3.05) is 14.2 Å². The van der Waals surface area contributed by atoms with E-state index in [2.05, 4.69) is 4.99 Å². The molecule has 0 spiro atoms. The van der Waals surface area contributed by atoms with Gasteiger partial charge >= 0.3 is 5.97 Å². The summed E-state index contributed by atoms with van der Waals surface area (Å²) in [5, 5.41) is 8.95. The number of carboxylic acids is 1. The highest BCUT2D eigenvalue weighted by atomic mass is 16.5. The highest BCUT2D eigenvalue weighted by Crippen LogP contribution is 2.29. The van der Waals surface area contributed by atoms with Crippen molar-refractivity contribution >= 4 is 17.9 Å². The fraction of sp³-hybridized carbons (Fsp3) is 0.130. The Kier molecular flexibility index (Phi) is 6.47. The summed E-state index contributed by atoms with van der Waals surface area (Å²) in [7, 11) is 3.20. The van der Waals surface area contributed by atoms with Crippen molar-refractivity contribution in [1.29, 1.82) is 0 Å². The average molecular weight is 391 g/mol. The number of nitrogens with zero attached hydrogens (tertiary/aromatic N) is 1. The van der Waals surface area contributed by atoms with Crippen LogP contribution in [0.15, 0.2) is 71.7 Å². The van der Waals surface area contributed by atoms with Gasteiger partial charge in [0.15, 0.2) is 11.5 Å². The summed E-state index contributed by atoms with van der Waals surface area (Å²) >= 11 is 0. The van der Waals surface area contributed by atoms with Crippen molar-refractivity contribution in [2.45, 2.75) is 6.61 Å². The highest BCUT2D eigenvalue weighted by Gasteiger charge is 2.07. The van der Waals surface area contributed by atoms with Crippen LogP contribution in [-0.2, 0) is 6.61 Å². The van der Waals surface area contributed by atoms with Crippen molar-refractivity contribution in [2.24, 2.45) is 4.99 Å². The average Bonchev–Trinajstić information content (AvgIpc) is 2.77. The topological polar surface area (TPSA) is 77.4 Å². The fourth-order valence-electron chi connectivity index (χ4n) is 2.61. The molecule has 0 saturated carbocycles. The Morgan fingerprint density at radius 1 is 0.931 bits per heavy atom. The van der Waals surface area contributed by atoms with Gasteiger partial charge < -0.3 is 19.3 Å². The van der Waals surface area contributed by atoms with Crippen LogP contribution in [0.25, 0.3) is 0 Å². The van der Waals surface area contributed by atoms with E-state index in [0.717, 1.165) is 22.6 Å². The van der Waals surface area contributed by atoms with E-state index in [1.165, 1.54) is 0 Å². The zero-order valence-corrected chi connectivity index (χ0v) is 16.2. The van der Waals surface area contributed by atoms with Crippen molar-refractivity contribution < 1.29 is 24.1 Å². The van der Waals surface area contributed by atoms with E-state index < -0.39 is 5.97 Å². The zero-order valence-electron chi connectivity index (χ0n) is 16.2. The number of carbonyl (C=O) groups is 1. The fourth-order valence-corrected chi connectivity index (χ4v) is 2.61. The van der Waals surface area contributed by atoms with Gasteiger partial charge in [-0.2, -0.15) is 0 Å². The Bertz CT molecular complexity index is 995. The lowest BCUT2D eigenvalue weighted by atomic mass is 10.1. The summed E-state index contributed by atoms with van der Waals surface area (Å²) < 4.78 is 16.4. The number of carboxylic acid groups (broad SMARTS) is 1. The van der Waals surface area contributed by atoms with Gasteiger partial charge in [-0.3, -0.25) is 4.99 Å². The van der Waals surface area contributed by atoms with Crippen LogP contribution in [0.2, 0.25) is 0 Å². The molecule has 6 heteroatoms. The molecule has 6 nitrogen and oxygen atoms in total. The van der Waals surface area contributed by atoms with Gasteiger partial charge in [0.2, 0.25) is 0 Å². The molecule has 0 radical (unpaired) electrons. The second kappa shape index (κ2) is 9.41. The van der Waals surface area contributed by atoms with Crippen LogP contribution in [-0.4, -0.2) is 31.5 Å². The first-order valence-electron chi connectivity index (χ1n) is 8.90. The summed E-state index contributed by atoms with van der Waals surface area (Å²) in [5.41, 5.74) is 2.79. The van der Waals surface area contributed by atoms with Crippen LogP contribution >= 0.6 is 0 Å². The van der Waals surface area contributed by atoms with Gasteiger partial charge in [0.1, 0.15) is 12.4 Å². The van der Waals surface area contributed by atoms with Gasteiger partial charge in [-0.25, -0.2) is 4.79 Å². The molecule has 148 valence electrons. The zero-order chi connectivity index (χ0) is 20.6.